The van der Waals surface area contributed by atoms with Gasteiger partial charge in [-0.25, -0.2) is 0 Å². The summed E-state index contributed by atoms with van der Waals surface area (Å²) in [6, 6.07) is 0.677. The Balaban J connectivity index is 3.69. The normalized spacial score (nSPS) is 14.8. The molecule has 0 bridgehead atoms. The standard InChI is InChI=1S/C12H28N2/c1-12(2,3)9-7-11(13-4)8-10-14(5)6/h11,13H,7-10H2,1-6H3. The van der Waals surface area contributed by atoms with Crippen LogP contribution in [-0.2, 0) is 0 Å². The van der Waals surface area contributed by atoms with Crippen LogP contribution >= 0.6 is 0 Å². The number of hydrogen-bond donors (Lipinski definition) is 1. The minimum atomic E-state index is 0.465. The van der Waals surface area contributed by atoms with Gasteiger partial charge in [0.2, 0.25) is 0 Å². The summed E-state index contributed by atoms with van der Waals surface area (Å²) in [6.07, 6.45) is 3.83. The highest BCUT2D eigenvalue weighted by atomic mass is 15.1. The van der Waals surface area contributed by atoms with E-state index in [1.165, 1.54) is 25.8 Å². The summed E-state index contributed by atoms with van der Waals surface area (Å²) in [5.74, 6) is 0. The van der Waals surface area contributed by atoms with Crippen molar-refractivity contribution in [1.29, 1.82) is 0 Å². The SMILES string of the molecule is CNC(CCN(C)C)CCC(C)(C)C. The fraction of sp³-hybridized carbons (Fsp3) is 1.00. The van der Waals surface area contributed by atoms with Crippen molar-refractivity contribution < 1.29 is 0 Å². The molecule has 2 nitrogen and oxygen atoms in total. The molecule has 2 heteroatoms. The minimum absolute atomic E-state index is 0.465. The molecule has 0 fully saturated rings. The third kappa shape index (κ3) is 8.52. The molecule has 0 radical (unpaired) electrons. The summed E-state index contributed by atoms with van der Waals surface area (Å²) in [6.45, 7) is 8.11. The zero-order valence-corrected chi connectivity index (χ0v) is 10.9. The van der Waals surface area contributed by atoms with E-state index < -0.39 is 0 Å². The molecule has 0 aliphatic rings. The van der Waals surface area contributed by atoms with Crippen LogP contribution in [0.2, 0.25) is 0 Å². The quantitative estimate of drug-likeness (QED) is 0.708. The van der Waals surface area contributed by atoms with Gasteiger partial charge in [-0.15, -0.1) is 0 Å². The monoisotopic (exact) mass is 200 g/mol. The third-order valence-corrected chi connectivity index (χ3v) is 2.58. The van der Waals surface area contributed by atoms with Crippen molar-refractivity contribution in [2.24, 2.45) is 5.41 Å². The molecule has 14 heavy (non-hydrogen) atoms. The Morgan fingerprint density at radius 1 is 1.14 bits per heavy atom. The fourth-order valence-electron chi connectivity index (χ4n) is 1.45. The van der Waals surface area contributed by atoms with Crippen molar-refractivity contribution in [2.75, 3.05) is 27.7 Å². The van der Waals surface area contributed by atoms with E-state index in [2.05, 4.69) is 52.1 Å². The van der Waals surface area contributed by atoms with E-state index in [0.29, 0.717) is 11.5 Å². The van der Waals surface area contributed by atoms with Crippen LogP contribution in [-0.4, -0.2) is 38.6 Å². The summed E-state index contributed by atoms with van der Waals surface area (Å²) >= 11 is 0. The summed E-state index contributed by atoms with van der Waals surface area (Å²) < 4.78 is 0. The second-order valence-electron chi connectivity index (χ2n) is 5.68. The zero-order chi connectivity index (χ0) is 11.2. The smallest absolute Gasteiger partial charge is 0.00764 e. The van der Waals surface area contributed by atoms with Gasteiger partial charge >= 0.3 is 0 Å². The number of hydrogen-bond acceptors (Lipinski definition) is 2. The lowest BCUT2D eigenvalue weighted by Gasteiger charge is -2.23. The molecule has 1 atom stereocenters. The second kappa shape index (κ2) is 6.41. The number of nitrogens with one attached hydrogen (secondary N) is 1. The van der Waals surface area contributed by atoms with E-state index in [0.717, 1.165) is 0 Å². The van der Waals surface area contributed by atoms with Gasteiger partial charge in [-0.2, -0.15) is 0 Å². The molecule has 0 saturated heterocycles. The highest BCUT2D eigenvalue weighted by Crippen LogP contribution is 2.22. The Bertz CT molecular complexity index is 136. The van der Waals surface area contributed by atoms with E-state index in [9.17, 15) is 0 Å². The van der Waals surface area contributed by atoms with Gasteiger partial charge in [0.05, 0.1) is 0 Å². The van der Waals surface area contributed by atoms with Crippen LogP contribution in [0, 0.1) is 5.41 Å². The predicted molar refractivity (Wildman–Crippen MR) is 64.7 cm³/mol. The van der Waals surface area contributed by atoms with Crippen molar-refractivity contribution >= 4 is 0 Å². The zero-order valence-electron chi connectivity index (χ0n) is 10.9. The first-order valence-corrected chi connectivity index (χ1v) is 5.67. The van der Waals surface area contributed by atoms with Gasteiger partial charge in [0.1, 0.15) is 0 Å². The lowest BCUT2D eigenvalue weighted by molar-refractivity contribution is 0.307. The highest BCUT2D eigenvalue weighted by Gasteiger charge is 2.13. The van der Waals surface area contributed by atoms with Gasteiger partial charge in [-0.05, 0) is 52.4 Å². The Labute approximate surface area is 90.1 Å². The maximum absolute atomic E-state index is 3.40. The molecule has 86 valence electrons. The van der Waals surface area contributed by atoms with E-state index in [1.54, 1.807) is 0 Å². The van der Waals surface area contributed by atoms with Gasteiger partial charge in [0.15, 0.2) is 0 Å². The largest absolute Gasteiger partial charge is 0.317 e. The maximum atomic E-state index is 3.40. The predicted octanol–water partition coefficient (Wildman–Crippen LogP) is 2.35. The Kier molecular flexibility index (Phi) is 6.38. The minimum Gasteiger partial charge on any atom is -0.317 e. The third-order valence-electron chi connectivity index (χ3n) is 2.58. The number of rotatable bonds is 6. The van der Waals surface area contributed by atoms with Crippen molar-refractivity contribution in [3.05, 3.63) is 0 Å². The summed E-state index contributed by atoms with van der Waals surface area (Å²) in [5.41, 5.74) is 0.465. The molecule has 1 unspecified atom stereocenters. The van der Waals surface area contributed by atoms with Gasteiger partial charge in [0, 0.05) is 6.04 Å². The molecule has 0 rings (SSSR count). The van der Waals surface area contributed by atoms with E-state index in [-0.39, 0.29) is 0 Å². The molecule has 0 aromatic heterocycles. The first-order chi connectivity index (χ1) is 6.35. The maximum Gasteiger partial charge on any atom is 0.00764 e. The molecule has 0 saturated carbocycles. The summed E-state index contributed by atoms with van der Waals surface area (Å²) in [4.78, 5) is 2.25. The molecule has 0 aromatic rings. The van der Waals surface area contributed by atoms with Crippen LogP contribution in [0.25, 0.3) is 0 Å². The van der Waals surface area contributed by atoms with Gasteiger partial charge in [-0.3, -0.25) is 0 Å². The number of nitrogens with zero attached hydrogens (tertiary/aromatic N) is 1. The second-order valence-corrected chi connectivity index (χ2v) is 5.68. The van der Waals surface area contributed by atoms with Crippen LogP contribution in [0.3, 0.4) is 0 Å². The van der Waals surface area contributed by atoms with E-state index in [1.807, 2.05) is 0 Å². The molecule has 0 heterocycles. The fourth-order valence-corrected chi connectivity index (χ4v) is 1.45. The molecule has 0 spiro atoms. The van der Waals surface area contributed by atoms with Crippen molar-refractivity contribution in [1.82, 2.24) is 10.2 Å². The molecule has 0 amide bonds. The van der Waals surface area contributed by atoms with E-state index >= 15 is 0 Å². The lowest BCUT2D eigenvalue weighted by Crippen LogP contribution is -2.30. The van der Waals surface area contributed by atoms with Gasteiger partial charge in [-0.1, -0.05) is 20.8 Å². The van der Waals surface area contributed by atoms with Crippen molar-refractivity contribution in [3.8, 4) is 0 Å². The molecule has 0 aromatic carbocycles. The molecular formula is C12H28N2. The lowest BCUT2D eigenvalue weighted by atomic mass is 9.88. The van der Waals surface area contributed by atoms with Crippen molar-refractivity contribution in [2.45, 2.75) is 46.1 Å². The van der Waals surface area contributed by atoms with Crippen molar-refractivity contribution in [3.63, 3.8) is 0 Å². The Morgan fingerprint density at radius 2 is 1.71 bits per heavy atom. The van der Waals surface area contributed by atoms with Gasteiger partial charge in [0.25, 0.3) is 0 Å². The van der Waals surface area contributed by atoms with Crippen LogP contribution < -0.4 is 5.32 Å². The topological polar surface area (TPSA) is 15.3 Å². The van der Waals surface area contributed by atoms with Crippen LogP contribution in [0.5, 0.6) is 0 Å². The molecule has 0 aliphatic carbocycles. The molecule has 0 aliphatic heterocycles. The first kappa shape index (κ1) is 13.9. The summed E-state index contributed by atoms with van der Waals surface area (Å²) in [7, 11) is 6.34. The Hall–Kier alpha value is -0.0800. The highest BCUT2D eigenvalue weighted by molar-refractivity contribution is 4.70. The van der Waals surface area contributed by atoms with Crippen LogP contribution in [0.4, 0.5) is 0 Å². The average Bonchev–Trinajstić information content (AvgIpc) is 2.02. The van der Waals surface area contributed by atoms with Crippen LogP contribution in [0.15, 0.2) is 0 Å². The van der Waals surface area contributed by atoms with Gasteiger partial charge < -0.3 is 10.2 Å². The Morgan fingerprint density at radius 3 is 2.07 bits per heavy atom. The van der Waals surface area contributed by atoms with E-state index in [4.69, 9.17) is 0 Å². The average molecular weight is 200 g/mol. The summed E-state index contributed by atoms with van der Waals surface area (Å²) in [5, 5.41) is 3.40. The molecular weight excluding hydrogens is 172 g/mol. The molecule has 1 N–H and O–H groups in total. The first-order valence-electron chi connectivity index (χ1n) is 5.67. The van der Waals surface area contributed by atoms with Crippen LogP contribution in [0.1, 0.15) is 40.0 Å².